The third-order valence-electron chi connectivity index (χ3n) is 5.72. The van der Waals surface area contributed by atoms with Crippen molar-refractivity contribution in [1.82, 2.24) is 9.97 Å². The van der Waals surface area contributed by atoms with Gasteiger partial charge in [0.05, 0.1) is 35.9 Å². The Labute approximate surface area is 175 Å². The second-order valence-electron chi connectivity index (χ2n) is 7.97. The van der Waals surface area contributed by atoms with Gasteiger partial charge in [0, 0.05) is 11.8 Å². The van der Waals surface area contributed by atoms with Crippen LogP contribution in [0, 0.1) is 29.1 Å². The number of hydrogen-bond donors (Lipinski definition) is 0. The van der Waals surface area contributed by atoms with Crippen LogP contribution in [0.15, 0.2) is 30.6 Å². The van der Waals surface area contributed by atoms with E-state index in [1.165, 1.54) is 19.2 Å². The number of ether oxygens (including phenoxy) is 3. The Hall–Kier alpha value is -2.36. The molecule has 1 saturated heterocycles. The molecular formula is C22H24ClN3O3. The highest BCUT2D eigenvalue weighted by Gasteiger charge is 2.38. The molecule has 6 nitrogen and oxygen atoms in total. The standard InChI is InChI=1S/C22H24ClN3O3/c1-14-3-2-4-16-11-27-12-17(7-14)22(16)29-21-9-20(25-13-26-21)28-19-6-5-15(10-24)8-18(19)23/h5-6,8-9,13-14,16-17,22H,2-4,7,11-12H2,1H3. The Morgan fingerprint density at radius 1 is 1.14 bits per heavy atom. The van der Waals surface area contributed by atoms with Crippen LogP contribution < -0.4 is 9.47 Å². The van der Waals surface area contributed by atoms with E-state index >= 15 is 0 Å². The van der Waals surface area contributed by atoms with Crippen LogP contribution in [0.2, 0.25) is 5.02 Å². The Balaban J connectivity index is 1.50. The zero-order valence-electron chi connectivity index (χ0n) is 16.4. The number of aromatic nitrogens is 2. The van der Waals surface area contributed by atoms with E-state index in [9.17, 15) is 0 Å². The summed E-state index contributed by atoms with van der Waals surface area (Å²) in [6.07, 6.45) is 6.22. The molecule has 152 valence electrons. The first kappa shape index (κ1) is 19.9. The smallest absolute Gasteiger partial charge is 0.226 e. The zero-order valence-corrected chi connectivity index (χ0v) is 17.1. The summed E-state index contributed by atoms with van der Waals surface area (Å²) in [6.45, 7) is 3.79. The second kappa shape index (κ2) is 8.98. The monoisotopic (exact) mass is 413 g/mol. The minimum Gasteiger partial charge on any atom is -0.473 e. The van der Waals surface area contributed by atoms with Crippen LogP contribution >= 0.6 is 11.6 Å². The van der Waals surface area contributed by atoms with Crippen molar-refractivity contribution < 1.29 is 14.2 Å². The number of nitriles is 1. The predicted molar refractivity (Wildman–Crippen MR) is 108 cm³/mol. The average molecular weight is 414 g/mol. The first-order valence-corrected chi connectivity index (χ1v) is 10.4. The highest BCUT2D eigenvalue weighted by atomic mass is 35.5. The van der Waals surface area contributed by atoms with Crippen LogP contribution in [0.25, 0.3) is 0 Å². The van der Waals surface area contributed by atoms with Crippen molar-refractivity contribution in [2.45, 2.75) is 38.7 Å². The molecule has 1 saturated carbocycles. The van der Waals surface area contributed by atoms with Crippen LogP contribution in [0.5, 0.6) is 17.5 Å². The Kier molecular flexibility index (Phi) is 6.17. The molecule has 0 radical (unpaired) electrons. The van der Waals surface area contributed by atoms with E-state index in [2.05, 4.69) is 16.9 Å². The van der Waals surface area contributed by atoms with E-state index in [-0.39, 0.29) is 6.10 Å². The first-order chi connectivity index (χ1) is 14.1. The third kappa shape index (κ3) is 4.80. The van der Waals surface area contributed by atoms with Crippen LogP contribution in [0.1, 0.15) is 38.2 Å². The molecule has 1 aromatic carbocycles. The summed E-state index contributed by atoms with van der Waals surface area (Å²) in [4.78, 5) is 8.46. The van der Waals surface area contributed by atoms with Crippen molar-refractivity contribution in [3.05, 3.63) is 41.2 Å². The van der Waals surface area contributed by atoms with E-state index in [0.29, 0.717) is 45.8 Å². The van der Waals surface area contributed by atoms with E-state index < -0.39 is 0 Å². The summed E-state index contributed by atoms with van der Waals surface area (Å²) >= 11 is 6.20. The molecule has 1 aliphatic carbocycles. The molecule has 29 heavy (non-hydrogen) atoms. The van der Waals surface area contributed by atoms with Gasteiger partial charge in [-0.3, -0.25) is 0 Å². The lowest BCUT2D eigenvalue weighted by atomic mass is 9.77. The molecular weight excluding hydrogens is 390 g/mol. The van der Waals surface area contributed by atoms with Crippen LogP contribution in [0.3, 0.4) is 0 Å². The van der Waals surface area contributed by atoms with Gasteiger partial charge < -0.3 is 14.2 Å². The number of rotatable bonds is 4. The van der Waals surface area contributed by atoms with Gasteiger partial charge in [0.25, 0.3) is 0 Å². The zero-order chi connectivity index (χ0) is 20.2. The minimum absolute atomic E-state index is 0.0905. The van der Waals surface area contributed by atoms with E-state index in [0.717, 1.165) is 26.1 Å². The number of fused-ring (bicyclic) bond motifs is 2. The van der Waals surface area contributed by atoms with Crippen LogP contribution in [0.4, 0.5) is 0 Å². The molecule has 4 unspecified atom stereocenters. The van der Waals surface area contributed by atoms with E-state index in [1.807, 2.05) is 6.07 Å². The molecule has 1 aromatic heterocycles. The Bertz CT molecular complexity index is 901. The number of hydrogen-bond acceptors (Lipinski definition) is 6. The number of halogens is 1. The fourth-order valence-corrected chi connectivity index (χ4v) is 4.52. The van der Waals surface area contributed by atoms with E-state index in [4.69, 9.17) is 31.1 Å². The van der Waals surface area contributed by atoms with Crippen molar-refractivity contribution in [3.63, 3.8) is 0 Å². The summed E-state index contributed by atoms with van der Waals surface area (Å²) in [5.41, 5.74) is 0.473. The summed E-state index contributed by atoms with van der Waals surface area (Å²) in [6, 6.07) is 8.60. The fourth-order valence-electron chi connectivity index (χ4n) is 4.30. The maximum absolute atomic E-state index is 8.96. The molecule has 2 aliphatic rings. The van der Waals surface area contributed by atoms with Gasteiger partial charge in [-0.05, 0) is 37.0 Å². The largest absolute Gasteiger partial charge is 0.473 e. The van der Waals surface area contributed by atoms with Crippen molar-refractivity contribution in [1.29, 1.82) is 5.26 Å². The van der Waals surface area contributed by atoms with Crippen LogP contribution in [-0.2, 0) is 4.74 Å². The summed E-state index contributed by atoms with van der Waals surface area (Å²) in [5, 5.41) is 9.31. The highest BCUT2D eigenvalue weighted by Crippen LogP contribution is 2.37. The van der Waals surface area contributed by atoms with Crippen molar-refractivity contribution in [2.75, 3.05) is 13.2 Å². The quantitative estimate of drug-likeness (QED) is 0.700. The SMILES string of the molecule is CC1CCCC2COCC(C1)C2Oc1cc(Oc2ccc(C#N)cc2Cl)ncn1. The molecule has 7 heteroatoms. The van der Waals surface area contributed by atoms with Gasteiger partial charge in [-0.1, -0.05) is 31.4 Å². The molecule has 2 fully saturated rings. The van der Waals surface area contributed by atoms with Gasteiger partial charge >= 0.3 is 0 Å². The molecule has 0 amide bonds. The fraction of sp³-hybridized carbons (Fsp3) is 0.500. The topological polar surface area (TPSA) is 77.3 Å². The highest BCUT2D eigenvalue weighted by molar-refractivity contribution is 6.32. The number of nitrogens with zero attached hydrogens (tertiary/aromatic N) is 3. The van der Waals surface area contributed by atoms with Gasteiger partial charge in [0.2, 0.25) is 11.8 Å². The van der Waals surface area contributed by atoms with E-state index in [1.54, 1.807) is 24.3 Å². The molecule has 2 bridgehead atoms. The molecule has 0 N–H and O–H groups in total. The lowest BCUT2D eigenvalue weighted by Crippen LogP contribution is -2.45. The summed E-state index contributed by atoms with van der Waals surface area (Å²) in [7, 11) is 0. The van der Waals surface area contributed by atoms with Crippen LogP contribution in [-0.4, -0.2) is 29.3 Å². The summed E-state index contributed by atoms with van der Waals surface area (Å²) < 4.78 is 18.0. The molecule has 4 atom stereocenters. The van der Waals surface area contributed by atoms with Gasteiger partial charge in [0.15, 0.2) is 0 Å². The second-order valence-corrected chi connectivity index (χ2v) is 8.37. The number of benzene rings is 1. The average Bonchev–Trinajstić information content (AvgIpc) is 2.71. The first-order valence-electron chi connectivity index (χ1n) is 10.1. The maximum Gasteiger partial charge on any atom is 0.226 e. The molecule has 1 aliphatic heterocycles. The Morgan fingerprint density at radius 2 is 1.97 bits per heavy atom. The molecule has 4 rings (SSSR count). The molecule has 2 heterocycles. The molecule has 2 aromatic rings. The van der Waals surface area contributed by atoms with Gasteiger partial charge in [-0.25, -0.2) is 9.97 Å². The third-order valence-corrected chi connectivity index (χ3v) is 6.01. The van der Waals surface area contributed by atoms with Gasteiger partial charge in [0.1, 0.15) is 18.2 Å². The van der Waals surface area contributed by atoms with Crippen molar-refractivity contribution in [2.24, 2.45) is 17.8 Å². The lowest BCUT2D eigenvalue weighted by molar-refractivity contribution is -0.0838. The maximum atomic E-state index is 8.96. The minimum atomic E-state index is 0.0905. The van der Waals surface area contributed by atoms with Gasteiger partial charge in [-0.2, -0.15) is 5.26 Å². The van der Waals surface area contributed by atoms with Crippen molar-refractivity contribution >= 4 is 11.6 Å². The lowest BCUT2D eigenvalue weighted by Gasteiger charge is -2.40. The predicted octanol–water partition coefficient (Wildman–Crippen LogP) is 5.01. The van der Waals surface area contributed by atoms with Crippen molar-refractivity contribution in [3.8, 4) is 23.6 Å². The summed E-state index contributed by atoms with van der Waals surface area (Å²) in [5.74, 6) is 2.71. The normalized spacial score (nSPS) is 26.7. The Morgan fingerprint density at radius 3 is 2.79 bits per heavy atom. The molecule has 0 spiro atoms. The van der Waals surface area contributed by atoms with Gasteiger partial charge in [-0.15, -0.1) is 0 Å².